The normalized spacial score (nSPS) is 13.1. The Bertz CT molecular complexity index is 1340. The first-order valence-corrected chi connectivity index (χ1v) is 12.9. The molecule has 238 valence electrons. The summed E-state index contributed by atoms with van der Waals surface area (Å²) >= 11 is 0. The van der Waals surface area contributed by atoms with Crippen LogP contribution in [-0.2, 0) is 38.3 Å². The molecule has 18 nitrogen and oxygen atoms in total. The molecule has 1 aliphatic rings. The number of likely N-dealkylation sites (N-methyl/N-ethyl adjacent to an activating group) is 1. The Morgan fingerprint density at radius 2 is 1.73 bits per heavy atom. The van der Waals surface area contributed by atoms with Gasteiger partial charge in [-0.05, 0) is 19.1 Å². The van der Waals surface area contributed by atoms with Gasteiger partial charge in [0.2, 0.25) is 0 Å². The lowest BCUT2D eigenvalue weighted by Crippen LogP contribution is -2.41. The van der Waals surface area contributed by atoms with Crippen molar-refractivity contribution < 1.29 is 52.6 Å². The van der Waals surface area contributed by atoms with Crippen LogP contribution in [0.4, 0.5) is 4.79 Å². The van der Waals surface area contributed by atoms with Gasteiger partial charge in [0.1, 0.15) is 17.1 Å². The van der Waals surface area contributed by atoms with Gasteiger partial charge in [-0.2, -0.15) is 5.10 Å². The fourth-order valence-electron chi connectivity index (χ4n) is 3.22. The number of methoxy groups -OCH3 is 2. The average molecular weight is 620 g/mol. The van der Waals surface area contributed by atoms with Gasteiger partial charge in [-0.15, -0.1) is 5.06 Å². The minimum Gasteiger partial charge on any atom is -0.497 e. The zero-order valence-corrected chi connectivity index (χ0v) is 24.7. The van der Waals surface area contributed by atoms with Crippen molar-refractivity contribution in [1.82, 2.24) is 31.6 Å². The molecule has 44 heavy (non-hydrogen) atoms. The molecule has 18 heteroatoms. The predicted molar refractivity (Wildman–Crippen MR) is 149 cm³/mol. The van der Waals surface area contributed by atoms with Gasteiger partial charge in [-0.3, -0.25) is 24.6 Å². The first kappa shape index (κ1) is 34.5. The van der Waals surface area contributed by atoms with Gasteiger partial charge in [-0.25, -0.2) is 19.8 Å². The number of nitrogens with zero attached hydrogens (tertiary/aromatic N) is 3. The smallest absolute Gasteiger partial charge is 0.353 e. The van der Waals surface area contributed by atoms with Crippen molar-refractivity contribution in [2.45, 2.75) is 26.2 Å². The van der Waals surface area contributed by atoms with Crippen LogP contribution >= 0.6 is 0 Å². The lowest BCUT2D eigenvalue weighted by atomic mass is 10.1. The summed E-state index contributed by atoms with van der Waals surface area (Å²) in [5.74, 6) is -4.18. The van der Waals surface area contributed by atoms with Gasteiger partial charge < -0.3 is 34.7 Å². The number of hydrogen-bond donors (Lipinski definition) is 4. The summed E-state index contributed by atoms with van der Waals surface area (Å²) in [5, 5.41) is 6.58. The molecule has 0 bridgehead atoms. The summed E-state index contributed by atoms with van der Waals surface area (Å²) in [7, 11) is 5.82. The molecule has 1 fully saturated rings. The largest absolute Gasteiger partial charge is 0.497 e. The minimum atomic E-state index is -1.23. The van der Waals surface area contributed by atoms with Gasteiger partial charge in [0.15, 0.2) is 6.61 Å². The van der Waals surface area contributed by atoms with Gasteiger partial charge in [0.05, 0.1) is 26.4 Å². The number of hydrogen-bond acceptors (Lipinski definition) is 13. The molecule has 0 unspecified atom stereocenters. The summed E-state index contributed by atoms with van der Waals surface area (Å²) in [6.45, 7) is 0.561. The molecule has 4 N–H and O–H groups in total. The highest BCUT2D eigenvalue weighted by atomic mass is 16.7. The van der Waals surface area contributed by atoms with Crippen molar-refractivity contribution in [2.75, 3.05) is 41.5 Å². The number of carbonyl (C=O) groups excluding carboxylic acids is 7. The number of rotatable bonds is 14. The molecular weight excluding hydrogens is 586 g/mol. The third-order valence-electron chi connectivity index (χ3n) is 5.63. The molecule has 0 saturated carbocycles. The Balaban J connectivity index is 2.00. The molecule has 1 aromatic rings. The molecule has 1 heterocycles. The molecule has 6 amide bonds. The number of ether oxygens (including phenoxy) is 3. The van der Waals surface area contributed by atoms with Crippen molar-refractivity contribution in [3.8, 4) is 11.5 Å². The Morgan fingerprint density at radius 1 is 1.05 bits per heavy atom. The maximum absolute atomic E-state index is 12.7. The minimum absolute atomic E-state index is 0.0854. The Kier molecular flexibility index (Phi) is 13.1. The number of benzene rings is 1. The van der Waals surface area contributed by atoms with Crippen molar-refractivity contribution in [3.63, 3.8) is 0 Å². The zero-order chi connectivity index (χ0) is 32.8. The molecule has 1 saturated heterocycles. The molecule has 0 aromatic heterocycles. The van der Waals surface area contributed by atoms with Gasteiger partial charge in [0, 0.05) is 51.3 Å². The van der Waals surface area contributed by atoms with Crippen LogP contribution in [0.25, 0.3) is 0 Å². The van der Waals surface area contributed by atoms with Gasteiger partial charge in [-0.1, -0.05) is 0 Å². The van der Waals surface area contributed by atoms with E-state index in [0.717, 1.165) is 11.1 Å². The van der Waals surface area contributed by atoms with Crippen LogP contribution in [0.1, 0.15) is 31.7 Å². The lowest BCUT2D eigenvalue weighted by molar-refractivity contribution is -0.197. The molecule has 1 aromatic carbocycles. The van der Waals surface area contributed by atoms with E-state index in [9.17, 15) is 33.6 Å². The summed E-state index contributed by atoms with van der Waals surface area (Å²) in [6.07, 6.45) is 0.157. The summed E-state index contributed by atoms with van der Waals surface area (Å²) in [6, 6.07) is 4.11. The summed E-state index contributed by atoms with van der Waals surface area (Å²) in [4.78, 5) is 90.3. The molecule has 0 radical (unpaired) electrons. The van der Waals surface area contributed by atoms with Crippen LogP contribution in [0.3, 0.4) is 0 Å². The van der Waals surface area contributed by atoms with E-state index in [1.807, 2.05) is 0 Å². The van der Waals surface area contributed by atoms with E-state index in [1.54, 1.807) is 25.1 Å². The van der Waals surface area contributed by atoms with Crippen LogP contribution in [0, 0.1) is 0 Å². The van der Waals surface area contributed by atoms with Gasteiger partial charge in [0.25, 0.3) is 23.6 Å². The second-order valence-corrected chi connectivity index (χ2v) is 8.95. The van der Waals surface area contributed by atoms with E-state index < -0.39 is 60.2 Å². The number of nitrogens with one attached hydrogen (secondary N) is 4. The van der Waals surface area contributed by atoms with Crippen LogP contribution in [0.15, 0.2) is 35.1 Å². The molecular formula is C26H33N7O11. The molecule has 2 rings (SSSR count). The fourth-order valence-corrected chi connectivity index (χ4v) is 3.22. The summed E-state index contributed by atoms with van der Waals surface area (Å²) in [5.41, 5.74) is 6.87. The first-order chi connectivity index (χ1) is 20.9. The van der Waals surface area contributed by atoms with Crippen molar-refractivity contribution in [2.24, 2.45) is 5.10 Å². The second kappa shape index (κ2) is 16.7. The van der Waals surface area contributed by atoms with Crippen molar-refractivity contribution >= 4 is 47.3 Å². The third kappa shape index (κ3) is 10.3. The third-order valence-corrected chi connectivity index (χ3v) is 5.63. The monoisotopic (exact) mass is 619 g/mol. The fraction of sp³-hybridized carbons (Fsp3) is 0.385. The lowest BCUT2D eigenvalue weighted by Gasteiger charge is -2.14. The van der Waals surface area contributed by atoms with Crippen LogP contribution in [-0.4, -0.2) is 98.7 Å². The number of esters is 1. The second-order valence-electron chi connectivity index (χ2n) is 8.95. The maximum Gasteiger partial charge on any atom is 0.353 e. The number of hydrazone groups is 1. The topological polar surface area (TPSA) is 223 Å². The van der Waals surface area contributed by atoms with E-state index in [0.29, 0.717) is 27.8 Å². The maximum atomic E-state index is 12.7. The highest BCUT2D eigenvalue weighted by Crippen LogP contribution is 2.25. The quantitative estimate of drug-likeness (QED) is 0.0369. The molecule has 0 aliphatic carbocycles. The molecule has 1 aliphatic heterocycles. The SMILES string of the molecule is COc1ccc(/C(C)=N/NC(=O)NN/C=C(/C(=O)NCCC(=O)ON2C(=O)CCC2=O)C(=O)OCC(=O)N(C)C)c(OC)c1. The Labute approximate surface area is 251 Å². The molecule has 0 atom stereocenters. The number of amides is 6. The standard InChI is InChI=1S/C26H33N7O11/c1-15(17-7-6-16(41-4)12-19(17)42-5)29-31-26(40)30-28-13-18(25(39)43-14-22(36)32(2)3)24(38)27-11-10-23(37)44-33-20(34)8-9-21(33)35/h6-7,12-13,28H,8-11,14H2,1-5H3,(H,27,38)(H2,30,31,40)/b18-13-,29-15+. The molecule has 0 spiro atoms. The van der Waals surface area contributed by atoms with Crippen molar-refractivity contribution in [3.05, 3.63) is 35.5 Å². The highest BCUT2D eigenvalue weighted by molar-refractivity contribution is 6.16. The van der Waals surface area contributed by atoms with Crippen LogP contribution in [0.2, 0.25) is 0 Å². The number of hydroxylamine groups is 2. The first-order valence-electron chi connectivity index (χ1n) is 12.9. The average Bonchev–Trinajstić information content (AvgIpc) is 3.31. The number of hydrazine groups is 1. The number of carbonyl (C=O) groups is 7. The summed E-state index contributed by atoms with van der Waals surface area (Å²) < 4.78 is 15.3. The zero-order valence-electron chi connectivity index (χ0n) is 24.7. The van der Waals surface area contributed by atoms with Crippen LogP contribution in [0.5, 0.6) is 11.5 Å². The van der Waals surface area contributed by atoms with E-state index in [2.05, 4.69) is 26.7 Å². The van der Waals surface area contributed by atoms with E-state index in [-0.39, 0.29) is 19.4 Å². The Morgan fingerprint density at radius 3 is 2.34 bits per heavy atom. The number of imide groups is 1. The van der Waals surface area contributed by atoms with E-state index in [4.69, 9.17) is 19.0 Å². The highest BCUT2D eigenvalue weighted by Gasteiger charge is 2.32. The van der Waals surface area contributed by atoms with E-state index >= 15 is 0 Å². The number of urea groups is 1. The van der Waals surface area contributed by atoms with Crippen LogP contribution < -0.4 is 31.1 Å². The van der Waals surface area contributed by atoms with Crippen molar-refractivity contribution in [1.29, 1.82) is 0 Å². The van der Waals surface area contributed by atoms with E-state index in [1.165, 1.54) is 28.3 Å². The Hall–Kier alpha value is -5.68. The predicted octanol–water partition coefficient (Wildman–Crippen LogP) is -1.14. The van der Waals surface area contributed by atoms with Gasteiger partial charge >= 0.3 is 18.0 Å².